The lowest BCUT2D eigenvalue weighted by molar-refractivity contribution is -0.138. The van der Waals surface area contributed by atoms with Crippen molar-refractivity contribution in [2.45, 2.75) is 36.8 Å². The van der Waals surface area contributed by atoms with Gasteiger partial charge in [-0.2, -0.15) is 17.5 Å². The molecule has 2 aromatic carbocycles. The van der Waals surface area contributed by atoms with Crippen molar-refractivity contribution in [3.05, 3.63) is 64.7 Å². The molecule has 0 saturated carbocycles. The smallest absolute Gasteiger partial charge is 0.342 e. The van der Waals surface area contributed by atoms with E-state index in [0.717, 1.165) is 12.1 Å². The Hall–Kier alpha value is -2.10. The summed E-state index contributed by atoms with van der Waals surface area (Å²) in [7, 11) is -3.75. The Balaban J connectivity index is 1.38. The number of benzene rings is 2. The van der Waals surface area contributed by atoms with Gasteiger partial charge < -0.3 is 4.90 Å². The van der Waals surface area contributed by atoms with Gasteiger partial charge in [-0.25, -0.2) is 8.42 Å². The van der Waals surface area contributed by atoms with E-state index in [1.165, 1.54) is 22.5 Å². The molecule has 33 heavy (non-hydrogen) atoms. The van der Waals surface area contributed by atoms with Crippen LogP contribution in [0.2, 0.25) is 5.02 Å². The van der Waals surface area contributed by atoms with Crippen LogP contribution < -0.4 is 0 Å². The van der Waals surface area contributed by atoms with Gasteiger partial charge in [-0.15, -0.1) is 0 Å². The van der Waals surface area contributed by atoms with Gasteiger partial charge in [0.1, 0.15) is 4.90 Å². The summed E-state index contributed by atoms with van der Waals surface area (Å²) >= 11 is 6.08. The first-order valence-corrected chi connectivity index (χ1v) is 12.5. The van der Waals surface area contributed by atoms with Gasteiger partial charge in [0, 0.05) is 26.2 Å². The van der Waals surface area contributed by atoms with E-state index in [9.17, 15) is 26.4 Å². The van der Waals surface area contributed by atoms with E-state index in [1.54, 1.807) is 23.1 Å². The molecule has 0 bridgehead atoms. The molecule has 0 unspecified atom stereocenters. The number of nitrogens with zero attached hydrogens (tertiary/aromatic N) is 2. The zero-order chi connectivity index (χ0) is 23.9. The van der Waals surface area contributed by atoms with Crippen LogP contribution in [0.3, 0.4) is 0 Å². The highest BCUT2D eigenvalue weighted by Gasteiger charge is 2.49. The largest absolute Gasteiger partial charge is 0.416 e. The summed E-state index contributed by atoms with van der Waals surface area (Å²) in [5.74, 6) is -0.0377. The average Bonchev–Trinajstić information content (AvgIpc) is 3.07. The maximum Gasteiger partial charge on any atom is 0.416 e. The zero-order valence-corrected chi connectivity index (χ0v) is 19.4. The molecule has 1 amide bonds. The van der Waals surface area contributed by atoms with Crippen molar-refractivity contribution in [3.63, 3.8) is 0 Å². The number of alkyl halides is 3. The van der Waals surface area contributed by atoms with Crippen LogP contribution in [0.25, 0.3) is 0 Å². The Morgan fingerprint density at radius 3 is 2.30 bits per heavy atom. The van der Waals surface area contributed by atoms with E-state index in [4.69, 9.17) is 11.6 Å². The van der Waals surface area contributed by atoms with Crippen LogP contribution in [0.4, 0.5) is 13.2 Å². The van der Waals surface area contributed by atoms with Crippen molar-refractivity contribution in [3.8, 4) is 0 Å². The molecule has 10 heteroatoms. The molecule has 0 atom stereocenters. The van der Waals surface area contributed by atoms with E-state index in [0.29, 0.717) is 44.3 Å². The SMILES string of the molecule is O=C1N(CCc2cccc(C(F)(F)F)c2)CCC12CCN(S(=O)(=O)c1ccccc1Cl)CC2. The van der Waals surface area contributed by atoms with E-state index in [-0.39, 0.29) is 28.9 Å². The van der Waals surface area contributed by atoms with Crippen molar-refractivity contribution in [2.24, 2.45) is 5.41 Å². The highest BCUT2D eigenvalue weighted by atomic mass is 35.5. The van der Waals surface area contributed by atoms with E-state index in [1.807, 2.05) is 0 Å². The maximum atomic E-state index is 13.2. The predicted octanol–water partition coefficient (Wildman–Crippen LogP) is 4.60. The molecule has 1 spiro atoms. The number of rotatable bonds is 5. The van der Waals surface area contributed by atoms with Crippen LogP contribution >= 0.6 is 11.6 Å². The first-order valence-electron chi connectivity index (χ1n) is 10.7. The molecular weight excluding hydrogens is 477 g/mol. The molecule has 2 heterocycles. The van der Waals surface area contributed by atoms with Gasteiger partial charge >= 0.3 is 6.18 Å². The van der Waals surface area contributed by atoms with Crippen LogP contribution in [0.15, 0.2) is 53.4 Å². The van der Waals surface area contributed by atoms with Gasteiger partial charge in [0.25, 0.3) is 0 Å². The molecule has 0 aliphatic carbocycles. The Morgan fingerprint density at radius 2 is 1.64 bits per heavy atom. The van der Waals surface area contributed by atoms with Gasteiger partial charge in [0.15, 0.2) is 0 Å². The highest BCUT2D eigenvalue weighted by molar-refractivity contribution is 7.89. The lowest BCUT2D eigenvalue weighted by Crippen LogP contribution is -2.46. The monoisotopic (exact) mass is 500 g/mol. The van der Waals surface area contributed by atoms with E-state index in [2.05, 4.69) is 0 Å². The number of hydrogen-bond acceptors (Lipinski definition) is 3. The van der Waals surface area contributed by atoms with Gasteiger partial charge in [-0.3, -0.25) is 4.79 Å². The summed E-state index contributed by atoms with van der Waals surface area (Å²) in [6.45, 7) is 1.31. The molecular formula is C23H24ClF3N2O3S. The van der Waals surface area contributed by atoms with Gasteiger partial charge in [-0.05, 0) is 49.4 Å². The number of sulfonamides is 1. The minimum Gasteiger partial charge on any atom is -0.342 e. The summed E-state index contributed by atoms with van der Waals surface area (Å²) < 4.78 is 66.1. The fraction of sp³-hybridized carbons (Fsp3) is 0.435. The summed E-state index contributed by atoms with van der Waals surface area (Å²) in [6, 6.07) is 11.4. The van der Waals surface area contributed by atoms with Crippen LogP contribution in [0.1, 0.15) is 30.4 Å². The molecule has 2 fully saturated rings. The number of hydrogen-bond donors (Lipinski definition) is 0. The number of halogens is 4. The number of piperidine rings is 1. The van der Waals surface area contributed by atoms with Gasteiger partial charge in [0.05, 0.1) is 16.0 Å². The summed E-state index contributed by atoms with van der Waals surface area (Å²) in [5.41, 5.74) is -0.782. The Labute approximate surface area is 196 Å². The Bertz CT molecular complexity index is 1150. The zero-order valence-electron chi connectivity index (χ0n) is 17.8. The molecule has 2 saturated heterocycles. The lowest BCUT2D eigenvalue weighted by atomic mass is 9.77. The number of amides is 1. The molecule has 0 radical (unpaired) electrons. The van der Waals surface area contributed by atoms with Crippen LogP contribution in [-0.4, -0.2) is 49.7 Å². The third kappa shape index (κ3) is 4.76. The third-order valence-electron chi connectivity index (χ3n) is 6.66. The fourth-order valence-electron chi connectivity index (χ4n) is 4.68. The molecule has 0 aromatic heterocycles. The van der Waals surface area contributed by atoms with Gasteiger partial charge in [0.2, 0.25) is 15.9 Å². The van der Waals surface area contributed by atoms with E-state index >= 15 is 0 Å². The van der Waals surface area contributed by atoms with Crippen molar-refractivity contribution in [1.29, 1.82) is 0 Å². The summed E-state index contributed by atoms with van der Waals surface area (Å²) in [4.78, 5) is 14.9. The minimum atomic E-state index is -4.40. The molecule has 4 rings (SSSR count). The normalized spacial score (nSPS) is 19.4. The molecule has 2 aliphatic heterocycles. The molecule has 2 aliphatic rings. The van der Waals surface area contributed by atoms with Crippen molar-refractivity contribution >= 4 is 27.5 Å². The van der Waals surface area contributed by atoms with Crippen molar-refractivity contribution < 1.29 is 26.4 Å². The fourth-order valence-corrected chi connectivity index (χ4v) is 6.62. The second-order valence-corrected chi connectivity index (χ2v) is 10.9. The maximum absolute atomic E-state index is 13.2. The van der Waals surface area contributed by atoms with Crippen LogP contribution in [-0.2, 0) is 27.4 Å². The number of carbonyl (C=O) groups excluding carboxylic acids is 1. The van der Waals surface area contributed by atoms with Crippen LogP contribution in [0.5, 0.6) is 0 Å². The van der Waals surface area contributed by atoms with Gasteiger partial charge in [-0.1, -0.05) is 41.9 Å². The summed E-state index contributed by atoms with van der Waals surface area (Å²) in [6.07, 6.45) is -2.62. The van der Waals surface area contributed by atoms with Crippen molar-refractivity contribution in [2.75, 3.05) is 26.2 Å². The number of likely N-dealkylation sites (tertiary alicyclic amines) is 1. The minimum absolute atomic E-state index is 0.0377. The molecule has 178 valence electrons. The molecule has 0 N–H and O–H groups in total. The highest BCUT2D eigenvalue weighted by Crippen LogP contribution is 2.43. The quantitative estimate of drug-likeness (QED) is 0.602. The molecule has 5 nitrogen and oxygen atoms in total. The lowest BCUT2D eigenvalue weighted by Gasteiger charge is -2.37. The topological polar surface area (TPSA) is 57.7 Å². The second-order valence-electron chi connectivity index (χ2n) is 8.61. The van der Waals surface area contributed by atoms with Crippen LogP contribution in [0, 0.1) is 5.41 Å². The first-order chi connectivity index (χ1) is 15.5. The van der Waals surface area contributed by atoms with E-state index < -0.39 is 27.2 Å². The standard InChI is InChI=1S/C23H24ClF3N2O3S/c24-19-6-1-2-7-20(19)33(31,32)29-14-10-22(11-15-29)9-13-28(21(22)30)12-8-17-4-3-5-18(16-17)23(25,26)27/h1-7,16H,8-15H2. The average molecular weight is 501 g/mol. The Morgan fingerprint density at radius 1 is 0.970 bits per heavy atom. The molecule has 2 aromatic rings. The van der Waals surface area contributed by atoms with Crippen molar-refractivity contribution in [1.82, 2.24) is 9.21 Å². The second kappa shape index (κ2) is 8.92. The third-order valence-corrected chi connectivity index (χ3v) is 9.06. The first kappa shape index (κ1) is 24.0. The Kier molecular flexibility index (Phi) is 6.50. The number of carbonyl (C=O) groups is 1. The predicted molar refractivity (Wildman–Crippen MR) is 118 cm³/mol. The summed E-state index contributed by atoms with van der Waals surface area (Å²) in [5, 5.41) is 0.162.